The highest BCUT2D eigenvalue weighted by Gasteiger charge is 2.15. The van der Waals surface area contributed by atoms with E-state index >= 15 is 0 Å². The second-order valence-corrected chi connectivity index (χ2v) is 4.28. The minimum absolute atomic E-state index is 0.344. The lowest BCUT2D eigenvalue weighted by atomic mass is 10.1. The highest BCUT2D eigenvalue weighted by molar-refractivity contribution is 7.14. The Morgan fingerprint density at radius 1 is 1.50 bits per heavy atom. The van der Waals surface area contributed by atoms with Gasteiger partial charge in [-0.3, -0.25) is 4.79 Å². The number of carbonyl (C=O) groups is 1. The van der Waals surface area contributed by atoms with Gasteiger partial charge in [0.1, 0.15) is 6.04 Å². The number of rotatable bonds is 3. The van der Waals surface area contributed by atoms with Gasteiger partial charge < -0.3 is 15.2 Å². The van der Waals surface area contributed by atoms with Crippen molar-refractivity contribution >= 4 is 26.3 Å². The van der Waals surface area contributed by atoms with Gasteiger partial charge in [-0.1, -0.05) is 18.2 Å². The van der Waals surface area contributed by atoms with E-state index in [-0.39, 0.29) is 0 Å². The summed E-state index contributed by atoms with van der Waals surface area (Å²) in [5, 5.41) is 9.84. The zero-order valence-corrected chi connectivity index (χ0v) is 9.78. The number of carboxylic acid groups (broad SMARTS) is 1. The molecule has 0 bridgehead atoms. The van der Waals surface area contributed by atoms with Crippen molar-refractivity contribution in [3.63, 3.8) is 0 Å². The standard InChI is InChI=1S/C11H13N2O2P/c12-9(11(14)15)5-7-6-13(16)10-4-2-1-3-8(7)10/h1-4,6,9H,5,12,16H2,(H,14,15). The van der Waals surface area contributed by atoms with E-state index in [1.807, 2.05) is 34.8 Å². The summed E-state index contributed by atoms with van der Waals surface area (Å²) in [5.41, 5.74) is 7.55. The number of nitrogens with two attached hydrogens (primary N) is 1. The van der Waals surface area contributed by atoms with E-state index in [0.717, 1.165) is 16.5 Å². The van der Waals surface area contributed by atoms with Crippen molar-refractivity contribution in [2.75, 3.05) is 0 Å². The third kappa shape index (κ3) is 1.94. The fourth-order valence-electron chi connectivity index (χ4n) is 1.76. The fourth-order valence-corrected chi connectivity index (χ4v) is 2.17. The summed E-state index contributed by atoms with van der Waals surface area (Å²) in [6.07, 6.45) is 2.25. The number of benzene rings is 1. The number of carboxylic acids is 1. The second-order valence-electron chi connectivity index (χ2n) is 3.73. The molecule has 0 saturated heterocycles. The molecule has 84 valence electrons. The Labute approximate surface area is 95.3 Å². The molecule has 5 heteroatoms. The van der Waals surface area contributed by atoms with Crippen LogP contribution in [0.25, 0.3) is 10.9 Å². The third-order valence-electron chi connectivity index (χ3n) is 2.58. The predicted molar refractivity (Wildman–Crippen MR) is 66.4 cm³/mol. The number of fused-ring (bicyclic) bond motifs is 1. The molecule has 0 radical (unpaired) electrons. The van der Waals surface area contributed by atoms with Crippen molar-refractivity contribution in [1.82, 2.24) is 4.34 Å². The predicted octanol–water partition coefficient (Wildman–Crippen LogP) is 1.23. The Bertz CT molecular complexity index is 536. The van der Waals surface area contributed by atoms with E-state index < -0.39 is 12.0 Å². The van der Waals surface area contributed by atoms with Gasteiger partial charge in [-0.2, -0.15) is 0 Å². The fraction of sp³-hybridized carbons (Fsp3) is 0.182. The van der Waals surface area contributed by atoms with Gasteiger partial charge >= 0.3 is 5.97 Å². The van der Waals surface area contributed by atoms with Crippen LogP contribution in [0.5, 0.6) is 0 Å². The first-order valence-electron chi connectivity index (χ1n) is 4.92. The van der Waals surface area contributed by atoms with Crippen LogP contribution in [0, 0.1) is 0 Å². The van der Waals surface area contributed by atoms with Crippen LogP contribution >= 0.6 is 9.39 Å². The largest absolute Gasteiger partial charge is 0.480 e. The van der Waals surface area contributed by atoms with Gasteiger partial charge in [0.2, 0.25) is 0 Å². The second kappa shape index (κ2) is 4.24. The summed E-state index contributed by atoms with van der Waals surface area (Å²) < 4.78 is 1.90. The average molecular weight is 236 g/mol. The topological polar surface area (TPSA) is 68.2 Å². The molecular formula is C11H13N2O2P. The quantitative estimate of drug-likeness (QED) is 0.787. The van der Waals surface area contributed by atoms with Crippen molar-refractivity contribution in [3.05, 3.63) is 36.0 Å². The molecule has 0 aliphatic rings. The highest BCUT2D eigenvalue weighted by Crippen LogP contribution is 2.23. The van der Waals surface area contributed by atoms with Gasteiger partial charge in [0.15, 0.2) is 0 Å². The summed E-state index contributed by atoms with van der Waals surface area (Å²) in [6.45, 7) is 0. The lowest BCUT2D eigenvalue weighted by Gasteiger charge is -2.04. The monoisotopic (exact) mass is 236 g/mol. The minimum Gasteiger partial charge on any atom is -0.480 e. The van der Waals surface area contributed by atoms with Crippen molar-refractivity contribution in [2.45, 2.75) is 12.5 Å². The van der Waals surface area contributed by atoms with E-state index in [4.69, 9.17) is 10.8 Å². The first-order chi connectivity index (χ1) is 7.59. The molecule has 1 aromatic heterocycles. The molecule has 1 aromatic carbocycles. The molecule has 0 fully saturated rings. The summed E-state index contributed by atoms with van der Waals surface area (Å²) >= 11 is 0. The zero-order chi connectivity index (χ0) is 11.7. The van der Waals surface area contributed by atoms with Crippen LogP contribution in [0.15, 0.2) is 30.5 Å². The molecule has 2 aromatic rings. The molecular weight excluding hydrogens is 223 g/mol. The molecule has 2 rings (SSSR count). The van der Waals surface area contributed by atoms with Crippen LogP contribution in [0.2, 0.25) is 0 Å². The maximum Gasteiger partial charge on any atom is 0.320 e. The van der Waals surface area contributed by atoms with Gasteiger partial charge in [0, 0.05) is 18.0 Å². The van der Waals surface area contributed by atoms with Gasteiger partial charge in [0.25, 0.3) is 0 Å². The first-order valence-corrected chi connectivity index (χ1v) is 5.43. The van der Waals surface area contributed by atoms with Crippen LogP contribution in [0.1, 0.15) is 5.56 Å². The number of aromatic nitrogens is 1. The van der Waals surface area contributed by atoms with Crippen LogP contribution in [-0.2, 0) is 11.2 Å². The van der Waals surface area contributed by atoms with Crippen LogP contribution in [0.4, 0.5) is 0 Å². The van der Waals surface area contributed by atoms with Gasteiger partial charge in [0.05, 0.1) is 5.52 Å². The SMILES string of the molecule is NC(Cc1cn(P)c2ccccc12)C(=O)O. The number of aliphatic carboxylic acids is 1. The van der Waals surface area contributed by atoms with Gasteiger partial charge in [-0.15, -0.1) is 0 Å². The van der Waals surface area contributed by atoms with Crippen molar-refractivity contribution in [3.8, 4) is 0 Å². The minimum atomic E-state index is -0.972. The molecule has 0 aliphatic heterocycles. The highest BCUT2D eigenvalue weighted by atomic mass is 31.0. The Balaban J connectivity index is 2.42. The molecule has 1 heterocycles. The van der Waals surface area contributed by atoms with E-state index in [0.29, 0.717) is 6.42 Å². The average Bonchev–Trinajstić information content (AvgIpc) is 2.57. The van der Waals surface area contributed by atoms with Crippen molar-refractivity contribution in [2.24, 2.45) is 5.73 Å². The summed E-state index contributed by atoms with van der Waals surface area (Å²) in [5.74, 6) is -0.972. The molecule has 0 aliphatic carbocycles. The first kappa shape index (κ1) is 11.1. The number of para-hydroxylation sites is 1. The Kier molecular flexibility index (Phi) is 2.95. The lowest BCUT2D eigenvalue weighted by Crippen LogP contribution is -2.32. The zero-order valence-electron chi connectivity index (χ0n) is 8.63. The van der Waals surface area contributed by atoms with Crippen molar-refractivity contribution < 1.29 is 9.90 Å². The van der Waals surface area contributed by atoms with Crippen LogP contribution < -0.4 is 5.73 Å². The number of nitrogens with zero attached hydrogens (tertiary/aromatic N) is 1. The Hall–Kier alpha value is -1.38. The maximum atomic E-state index is 10.7. The van der Waals surface area contributed by atoms with Crippen LogP contribution in [-0.4, -0.2) is 21.5 Å². The molecule has 3 N–H and O–H groups in total. The summed E-state index contributed by atoms with van der Waals surface area (Å²) in [4.78, 5) is 10.7. The number of hydrogen-bond acceptors (Lipinski definition) is 2. The van der Waals surface area contributed by atoms with E-state index in [1.54, 1.807) is 0 Å². The number of hydrogen-bond donors (Lipinski definition) is 2. The Morgan fingerprint density at radius 2 is 2.19 bits per heavy atom. The molecule has 4 nitrogen and oxygen atoms in total. The molecule has 2 atom stereocenters. The molecule has 0 spiro atoms. The molecule has 16 heavy (non-hydrogen) atoms. The molecule has 2 unspecified atom stereocenters. The van der Waals surface area contributed by atoms with E-state index in [1.165, 1.54) is 0 Å². The smallest absolute Gasteiger partial charge is 0.320 e. The van der Waals surface area contributed by atoms with E-state index in [2.05, 4.69) is 9.39 Å². The van der Waals surface area contributed by atoms with Gasteiger partial charge in [-0.05, 0) is 21.0 Å². The van der Waals surface area contributed by atoms with Gasteiger partial charge in [-0.25, -0.2) is 0 Å². The summed E-state index contributed by atoms with van der Waals surface area (Å²) in [6, 6.07) is 6.99. The van der Waals surface area contributed by atoms with Crippen molar-refractivity contribution in [1.29, 1.82) is 0 Å². The molecule has 0 amide bonds. The normalized spacial score (nSPS) is 12.9. The maximum absolute atomic E-state index is 10.7. The molecule has 0 saturated carbocycles. The third-order valence-corrected chi connectivity index (χ3v) is 3.01. The lowest BCUT2D eigenvalue weighted by molar-refractivity contribution is -0.138. The van der Waals surface area contributed by atoms with E-state index in [9.17, 15) is 4.79 Å². The van der Waals surface area contributed by atoms with Crippen LogP contribution in [0.3, 0.4) is 0 Å². The summed E-state index contributed by atoms with van der Waals surface area (Å²) in [7, 11) is 2.58. The Morgan fingerprint density at radius 3 is 2.88 bits per heavy atom.